The first-order valence-corrected chi connectivity index (χ1v) is 8.36. The summed E-state index contributed by atoms with van der Waals surface area (Å²) in [4.78, 5) is 48.4. The molecule has 148 valence electrons. The quantitative estimate of drug-likeness (QED) is 0.557. The molecule has 0 radical (unpaired) electrons. The van der Waals surface area contributed by atoms with Crippen molar-refractivity contribution in [1.82, 2.24) is 10.4 Å². The van der Waals surface area contributed by atoms with Crippen molar-refractivity contribution in [1.29, 1.82) is 0 Å². The fraction of sp³-hybridized carbons (Fsp3) is 0.444. The minimum atomic E-state index is -0.605. The Morgan fingerprint density at radius 1 is 1.15 bits per heavy atom. The van der Waals surface area contributed by atoms with Gasteiger partial charge in [-0.05, 0) is 38.8 Å². The number of hydrogen-bond acceptors (Lipinski definition) is 6. The predicted octanol–water partition coefficient (Wildman–Crippen LogP) is 1.71. The van der Waals surface area contributed by atoms with Crippen molar-refractivity contribution in [3.05, 3.63) is 34.9 Å². The van der Waals surface area contributed by atoms with Crippen molar-refractivity contribution in [3.63, 3.8) is 0 Å². The van der Waals surface area contributed by atoms with Crippen LogP contribution in [0, 0.1) is 0 Å². The lowest BCUT2D eigenvalue weighted by Crippen LogP contribution is -2.45. The van der Waals surface area contributed by atoms with Crippen LogP contribution in [-0.2, 0) is 20.9 Å². The zero-order valence-corrected chi connectivity index (χ0v) is 16.4. The molecular formula is C18H24ClN3O5. The van der Waals surface area contributed by atoms with E-state index in [0.717, 1.165) is 0 Å². The molecule has 1 aliphatic heterocycles. The Balaban J connectivity index is 0.00000364. The zero-order valence-electron chi connectivity index (χ0n) is 15.5. The highest BCUT2D eigenvalue weighted by atomic mass is 35.5. The summed E-state index contributed by atoms with van der Waals surface area (Å²) in [6, 6.07) is 4.82. The number of esters is 1. The second-order valence-electron chi connectivity index (χ2n) is 6.96. The smallest absolute Gasteiger partial charge is 0.306 e. The fourth-order valence-corrected chi connectivity index (χ4v) is 2.59. The number of fused-ring (bicyclic) bond motifs is 1. The van der Waals surface area contributed by atoms with Crippen LogP contribution in [0.4, 0.5) is 0 Å². The van der Waals surface area contributed by atoms with Crippen LogP contribution in [0.5, 0.6) is 0 Å². The first-order valence-electron chi connectivity index (χ1n) is 8.36. The van der Waals surface area contributed by atoms with E-state index in [1.807, 2.05) is 0 Å². The van der Waals surface area contributed by atoms with Crippen LogP contribution in [-0.4, -0.2) is 34.3 Å². The molecule has 0 fully saturated rings. The number of carbonyl (C=O) groups excluding carboxylic acids is 4. The van der Waals surface area contributed by atoms with E-state index < -0.39 is 29.3 Å². The van der Waals surface area contributed by atoms with E-state index in [0.29, 0.717) is 10.6 Å². The summed E-state index contributed by atoms with van der Waals surface area (Å²) < 4.78 is 5.15. The fourth-order valence-electron chi connectivity index (χ4n) is 2.59. The summed E-state index contributed by atoms with van der Waals surface area (Å²) in [5, 5.41) is 0.694. The Morgan fingerprint density at radius 3 is 2.41 bits per heavy atom. The largest absolute Gasteiger partial charge is 0.460 e. The number of ether oxygens (including phenoxy) is 1. The maximum Gasteiger partial charge on any atom is 0.306 e. The van der Waals surface area contributed by atoms with Gasteiger partial charge in [-0.3, -0.25) is 24.6 Å². The van der Waals surface area contributed by atoms with E-state index in [1.165, 1.54) is 6.07 Å². The normalized spacial score (nSPS) is 13.1. The highest BCUT2D eigenvalue weighted by molar-refractivity contribution is 6.22. The van der Waals surface area contributed by atoms with Gasteiger partial charge in [0, 0.05) is 19.4 Å². The molecule has 0 spiro atoms. The van der Waals surface area contributed by atoms with Gasteiger partial charge >= 0.3 is 5.97 Å². The Bertz CT molecular complexity index is 758. The Morgan fingerprint density at radius 2 is 1.81 bits per heavy atom. The summed E-state index contributed by atoms with van der Waals surface area (Å²) in [5.74, 6) is -2.14. The van der Waals surface area contributed by atoms with Gasteiger partial charge in [-0.15, -0.1) is 12.4 Å². The van der Waals surface area contributed by atoms with Gasteiger partial charge in [0.15, 0.2) is 0 Å². The summed E-state index contributed by atoms with van der Waals surface area (Å²) in [7, 11) is 0. The standard InChI is InChI=1S/C18H23N3O5.ClH/c1-18(2,3)26-14(23)9-5-8-13(22)20-21-16(24)12-7-4-6-11(10-19)15(12)17(21)25;/h4,6-7H,5,8-10,19H2,1-3H3,(H,20,22);1H. The van der Waals surface area contributed by atoms with Gasteiger partial charge in [0.1, 0.15) is 5.60 Å². The molecule has 9 heteroatoms. The third-order valence-corrected chi connectivity index (χ3v) is 3.66. The van der Waals surface area contributed by atoms with Crippen LogP contribution >= 0.6 is 12.4 Å². The number of rotatable bonds is 6. The van der Waals surface area contributed by atoms with E-state index >= 15 is 0 Å². The van der Waals surface area contributed by atoms with Gasteiger partial charge in [-0.25, -0.2) is 0 Å². The summed E-state index contributed by atoms with van der Waals surface area (Å²) in [5.41, 5.74) is 8.30. The number of halogens is 1. The molecule has 1 aromatic carbocycles. The highest BCUT2D eigenvalue weighted by Gasteiger charge is 2.38. The minimum Gasteiger partial charge on any atom is -0.460 e. The van der Waals surface area contributed by atoms with Gasteiger partial charge in [0.25, 0.3) is 11.8 Å². The van der Waals surface area contributed by atoms with Crippen LogP contribution in [0.25, 0.3) is 0 Å². The monoisotopic (exact) mass is 397 g/mol. The van der Waals surface area contributed by atoms with Gasteiger partial charge in [-0.2, -0.15) is 5.01 Å². The Labute approximate surface area is 163 Å². The van der Waals surface area contributed by atoms with Crippen LogP contribution in [0.15, 0.2) is 18.2 Å². The van der Waals surface area contributed by atoms with Crippen molar-refractivity contribution in [3.8, 4) is 0 Å². The van der Waals surface area contributed by atoms with E-state index in [2.05, 4.69) is 5.43 Å². The number of hydrogen-bond donors (Lipinski definition) is 2. The van der Waals surface area contributed by atoms with Gasteiger partial charge < -0.3 is 10.5 Å². The molecule has 0 saturated carbocycles. The lowest BCUT2D eigenvalue weighted by atomic mass is 10.0. The maximum atomic E-state index is 12.4. The van der Waals surface area contributed by atoms with Gasteiger partial charge in [0.05, 0.1) is 11.1 Å². The maximum absolute atomic E-state index is 12.4. The van der Waals surface area contributed by atoms with Gasteiger partial charge in [0.2, 0.25) is 5.91 Å². The molecule has 1 aliphatic rings. The molecule has 1 aromatic rings. The number of hydrazine groups is 1. The second kappa shape index (κ2) is 8.96. The molecule has 8 nitrogen and oxygen atoms in total. The molecule has 0 unspecified atom stereocenters. The van der Waals surface area contributed by atoms with E-state index in [-0.39, 0.29) is 49.3 Å². The zero-order chi connectivity index (χ0) is 19.5. The molecule has 0 aliphatic carbocycles. The van der Waals surface area contributed by atoms with E-state index in [4.69, 9.17) is 10.5 Å². The Kier molecular flexibility index (Phi) is 7.50. The number of benzene rings is 1. The van der Waals surface area contributed by atoms with Crippen molar-refractivity contribution < 1.29 is 23.9 Å². The first kappa shape index (κ1) is 22.6. The summed E-state index contributed by atoms with van der Waals surface area (Å²) in [6.07, 6.45) is 0.304. The number of nitrogens with zero attached hydrogens (tertiary/aromatic N) is 1. The summed E-state index contributed by atoms with van der Waals surface area (Å²) in [6.45, 7) is 5.39. The second-order valence-corrected chi connectivity index (χ2v) is 6.96. The summed E-state index contributed by atoms with van der Waals surface area (Å²) >= 11 is 0. The number of carbonyl (C=O) groups is 4. The van der Waals surface area contributed by atoms with Crippen molar-refractivity contribution in [2.45, 2.75) is 52.2 Å². The SMILES string of the molecule is CC(C)(C)OC(=O)CCCC(=O)NN1C(=O)c2cccc(CN)c2C1=O.Cl. The number of nitrogens with one attached hydrogen (secondary N) is 1. The molecule has 1 heterocycles. The molecule has 0 atom stereocenters. The molecule has 2 rings (SSSR count). The average molecular weight is 398 g/mol. The van der Waals surface area contributed by atoms with Crippen LogP contribution in [0.3, 0.4) is 0 Å². The molecule has 0 aromatic heterocycles. The highest BCUT2D eigenvalue weighted by Crippen LogP contribution is 2.24. The molecule has 3 N–H and O–H groups in total. The average Bonchev–Trinajstić information content (AvgIpc) is 2.78. The number of imide groups is 1. The number of nitrogens with two attached hydrogens (primary N) is 1. The third-order valence-electron chi connectivity index (χ3n) is 3.66. The van der Waals surface area contributed by atoms with Crippen LogP contribution < -0.4 is 11.2 Å². The first-order chi connectivity index (χ1) is 12.1. The minimum absolute atomic E-state index is 0. The van der Waals surface area contributed by atoms with Crippen LogP contribution in [0.2, 0.25) is 0 Å². The molecule has 27 heavy (non-hydrogen) atoms. The van der Waals surface area contributed by atoms with Gasteiger partial charge in [-0.1, -0.05) is 12.1 Å². The predicted molar refractivity (Wildman–Crippen MR) is 99.9 cm³/mol. The molecular weight excluding hydrogens is 374 g/mol. The third kappa shape index (κ3) is 5.51. The number of amides is 3. The van der Waals surface area contributed by atoms with Crippen molar-refractivity contribution in [2.75, 3.05) is 0 Å². The van der Waals surface area contributed by atoms with E-state index in [1.54, 1.807) is 32.9 Å². The van der Waals surface area contributed by atoms with Crippen molar-refractivity contribution in [2.24, 2.45) is 5.73 Å². The van der Waals surface area contributed by atoms with Crippen LogP contribution in [0.1, 0.15) is 66.3 Å². The van der Waals surface area contributed by atoms with E-state index in [9.17, 15) is 19.2 Å². The lowest BCUT2D eigenvalue weighted by Gasteiger charge is -2.19. The molecule has 0 bridgehead atoms. The lowest BCUT2D eigenvalue weighted by molar-refractivity contribution is -0.154. The van der Waals surface area contributed by atoms with Crippen molar-refractivity contribution >= 4 is 36.1 Å². The molecule has 0 saturated heterocycles. The topological polar surface area (TPSA) is 119 Å². The Hall–Kier alpha value is -2.45. The molecule has 3 amide bonds.